The van der Waals surface area contributed by atoms with Crippen LogP contribution in [0.4, 0.5) is 5.69 Å². The summed E-state index contributed by atoms with van der Waals surface area (Å²) in [5.74, 6) is 1.91. The van der Waals surface area contributed by atoms with E-state index in [0.29, 0.717) is 30.2 Å². The lowest BCUT2D eigenvalue weighted by molar-refractivity contribution is -0.114. The maximum Gasteiger partial charge on any atom is 0.336 e. The van der Waals surface area contributed by atoms with Crippen LogP contribution in [0.2, 0.25) is 0 Å². The molecule has 3 aromatic rings. The number of fused-ring (bicyclic) bond motifs is 2. The number of hydrogen-bond acceptors (Lipinski definition) is 6. The van der Waals surface area contributed by atoms with Gasteiger partial charge in [-0.05, 0) is 35.9 Å². The third-order valence-electron chi connectivity index (χ3n) is 4.06. The summed E-state index contributed by atoms with van der Waals surface area (Å²) in [5, 5.41) is 3.53. The van der Waals surface area contributed by atoms with Gasteiger partial charge in [0.1, 0.15) is 18.8 Å². The number of carbonyl (C=O) groups excluding carboxylic acids is 1. The molecule has 0 aliphatic carbocycles. The van der Waals surface area contributed by atoms with Crippen molar-refractivity contribution in [3.05, 3.63) is 58.4 Å². The van der Waals surface area contributed by atoms with Crippen LogP contribution in [0, 0.1) is 0 Å². The number of hydrogen-bond donors (Lipinski definition) is 1. The lowest BCUT2D eigenvalue weighted by Gasteiger charge is -2.18. The molecule has 0 bridgehead atoms. The molecule has 1 aliphatic heterocycles. The van der Waals surface area contributed by atoms with Crippen LogP contribution in [0.1, 0.15) is 12.5 Å². The summed E-state index contributed by atoms with van der Waals surface area (Å²) in [6.07, 6.45) is 0. The Morgan fingerprint density at radius 2 is 1.89 bits per heavy atom. The lowest BCUT2D eigenvalue weighted by Crippen LogP contribution is -2.15. The highest BCUT2D eigenvalue weighted by molar-refractivity contribution is 7.98. The van der Waals surface area contributed by atoms with Crippen LogP contribution in [-0.4, -0.2) is 19.1 Å². The zero-order valence-electron chi connectivity index (χ0n) is 14.6. The number of benzene rings is 2. The largest absolute Gasteiger partial charge is 0.486 e. The third-order valence-corrected chi connectivity index (χ3v) is 5.10. The molecule has 27 heavy (non-hydrogen) atoms. The zero-order chi connectivity index (χ0) is 18.8. The quantitative estimate of drug-likeness (QED) is 0.545. The fourth-order valence-corrected chi connectivity index (χ4v) is 3.82. The number of ether oxygens (including phenoxy) is 2. The van der Waals surface area contributed by atoms with Crippen molar-refractivity contribution in [2.24, 2.45) is 0 Å². The Morgan fingerprint density at radius 1 is 1.07 bits per heavy atom. The van der Waals surface area contributed by atoms with Crippen molar-refractivity contribution in [1.82, 2.24) is 0 Å². The van der Waals surface area contributed by atoms with E-state index in [-0.39, 0.29) is 5.91 Å². The van der Waals surface area contributed by atoms with Gasteiger partial charge in [0.05, 0.1) is 0 Å². The summed E-state index contributed by atoms with van der Waals surface area (Å²) in [7, 11) is 0. The number of thioether (sulfide) groups is 1. The van der Waals surface area contributed by atoms with Gasteiger partial charge in [0, 0.05) is 40.8 Å². The predicted octanol–water partition coefficient (Wildman–Crippen LogP) is 3.81. The van der Waals surface area contributed by atoms with Crippen molar-refractivity contribution >= 4 is 34.3 Å². The molecule has 1 aliphatic rings. The Kier molecular flexibility index (Phi) is 4.77. The molecule has 1 amide bonds. The Hall–Kier alpha value is -2.93. The van der Waals surface area contributed by atoms with E-state index >= 15 is 0 Å². The number of carbonyl (C=O) groups is 1. The molecule has 0 fully saturated rings. The van der Waals surface area contributed by atoms with E-state index in [0.717, 1.165) is 27.3 Å². The van der Waals surface area contributed by atoms with Crippen LogP contribution in [0.15, 0.2) is 56.6 Å². The zero-order valence-corrected chi connectivity index (χ0v) is 15.4. The van der Waals surface area contributed by atoms with Gasteiger partial charge in [-0.3, -0.25) is 4.79 Å². The van der Waals surface area contributed by atoms with Gasteiger partial charge in [-0.15, -0.1) is 11.8 Å². The maximum absolute atomic E-state index is 11.9. The van der Waals surface area contributed by atoms with Crippen LogP contribution in [0.5, 0.6) is 11.5 Å². The summed E-state index contributed by atoms with van der Waals surface area (Å²) in [4.78, 5) is 24.2. The fraction of sp³-hybridized carbons (Fsp3) is 0.200. The summed E-state index contributed by atoms with van der Waals surface area (Å²) in [6, 6.07) is 12.6. The highest BCUT2D eigenvalue weighted by Crippen LogP contribution is 2.35. The monoisotopic (exact) mass is 383 g/mol. The smallest absolute Gasteiger partial charge is 0.336 e. The second kappa shape index (κ2) is 7.36. The molecule has 6 nitrogen and oxygen atoms in total. The van der Waals surface area contributed by atoms with Crippen LogP contribution in [0.3, 0.4) is 0 Å². The molecule has 138 valence electrons. The summed E-state index contributed by atoms with van der Waals surface area (Å²) >= 11 is 1.60. The molecule has 0 spiro atoms. The second-order valence-corrected chi connectivity index (χ2v) is 7.13. The SMILES string of the molecule is CC(=O)Nc1ccc2c(CSc3ccc4c(c3)OCCO4)cc(=O)oc2c1. The van der Waals surface area contributed by atoms with Crippen molar-refractivity contribution in [2.45, 2.75) is 17.6 Å². The van der Waals surface area contributed by atoms with E-state index in [9.17, 15) is 9.59 Å². The average molecular weight is 383 g/mol. The average Bonchev–Trinajstić information content (AvgIpc) is 2.65. The minimum Gasteiger partial charge on any atom is -0.486 e. The molecule has 7 heteroatoms. The number of amides is 1. The van der Waals surface area contributed by atoms with Gasteiger partial charge >= 0.3 is 5.63 Å². The molecule has 1 aromatic heterocycles. The molecular weight excluding hydrogens is 366 g/mol. The minimum absolute atomic E-state index is 0.179. The summed E-state index contributed by atoms with van der Waals surface area (Å²) in [5.41, 5.74) is 1.50. The van der Waals surface area contributed by atoms with Crippen molar-refractivity contribution in [3.8, 4) is 11.5 Å². The Bertz CT molecular complexity index is 1080. The van der Waals surface area contributed by atoms with Gasteiger partial charge in [0.15, 0.2) is 11.5 Å². The third kappa shape index (κ3) is 3.93. The first kappa shape index (κ1) is 17.5. The normalized spacial score (nSPS) is 12.8. The molecule has 0 radical (unpaired) electrons. The van der Waals surface area contributed by atoms with Crippen LogP contribution < -0.4 is 20.4 Å². The predicted molar refractivity (Wildman–Crippen MR) is 104 cm³/mol. The highest BCUT2D eigenvalue weighted by atomic mass is 32.2. The van der Waals surface area contributed by atoms with Crippen molar-refractivity contribution in [3.63, 3.8) is 0 Å². The van der Waals surface area contributed by atoms with Gasteiger partial charge < -0.3 is 19.2 Å². The van der Waals surface area contributed by atoms with Gasteiger partial charge in [-0.25, -0.2) is 4.79 Å². The molecule has 1 N–H and O–H groups in total. The number of nitrogens with one attached hydrogen (secondary N) is 1. The van der Waals surface area contributed by atoms with E-state index in [1.807, 2.05) is 24.3 Å². The molecule has 2 aromatic carbocycles. The first-order valence-electron chi connectivity index (χ1n) is 8.45. The molecule has 0 atom stereocenters. The lowest BCUT2D eigenvalue weighted by atomic mass is 10.1. The fourth-order valence-electron chi connectivity index (χ4n) is 2.90. The van der Waals surface area contributed by atoms with Crippen molar-refractivity contribution in [2.75, 3.05) is 18.5 Å². The van der Waals surface area contributed by atoms with Gasteiger partial charge in [-0.1, -0.05) is 0 Å². The molecule has 4 rings (SSSR count). The molecule has 0 saturated heterocycles. The summed E-state index contributed by atoms with van der Waals surface area (Å²) in [6.45, 7) is 2.54. The Balaban J connectivity index is 1.60. The second-order valence-electron chi connectivity index (χ2n) is 6.08. The van der Waals surface area contributed by atoms with Gasteiger partial charge in [0.25, 0.3) is 0 Å². The van der Waals surface area contributed by atoms with Gasteiger partial charge in [-0.2, -0.15) is 0 Å². The standard InChI is InChI=1S/C20H17NO5S/c1-12(22)21-14-2-4-16-13(8-20(23)26-18(16)9-14)11-27-15-3-5-17-19(10-15)25-7-6-24-17/h2-5,8-10H,6-7,11H2,1H3,(H,21,22). The Labute approximate surface area is 159 Å². The molecule has 0 unspecified atom stereocenters. The minimum atomic E-state index is -0.416. The topological polar surface area (TPSA) is 77.8 Å². The number of rotatable bonds is 4. The van der Waals surface area contributed by atoms with Gasteiger partial charge in [0.2, 0.25) is 5.91 Å². The van der Waals surface area contributed by atoms with Crippen LogP contribution in [-0.2, 0) is 10.5 Å². The van der Waals surface area contributed by atoms with E-state index in [1.165, 1.54) is 13.0 Å². The Morgan fingerprint density at radius 3 is 2.70 bits per heavy atom. The van der Waals surface area contributed by atoms with E-state index in [4.69, 9.17) is 13.9 Å². The van der Waals surface area contributed by atoms with E-state index < -0.39 is 5.63 Å². The highest BCUT2D eigenvalue weighted by Gasteiger charge is 2.13. The van der Waals surface area contributed by atoms with E-state index in [1.54, 1.807) is 23.9 Å². The first-order valence-corrected chi connectivity index (χ1v) is 9.44. The van der Waals surface area contributed by atoms with Crippen molar-refractivity contribution < 1.29 is 18.7 Å². The first-order chi connectivity index (χ1) is 13.1. The molecule has 2 heterocycles. The van der Waals surface area contributed by atoms with Crippen LogP contribution in [0.25, 0.3) is 11.0 Å². The molecular formula is C20H17NO5S. The number of anilines is 1. The van der Waals surface area contributed by atoms with Crippen molar-refractivity contribution in [1.29, 1.82) is 0 Å². The van der Waals surface area contributed by atoms with Crippen LogP contribution >= 0.6 is 11.8 Å². The molecule has 0 saturated carbocycles. The maximum atomic E-state index is 11.9. The summed E-state index contributed by atoms with van der Waals surface area (Å²) < 4.78 is 16.4. The van der Waals surface area contributed by atoms with E-state index in [2.05, 4.69) is 5.32 Å².